The number of anilines is 2. The average molecular weight is 386 g/mol. The van der Waals surface area contributed by atoms with Gasteiger partial charge < -0.3 is 16.0 Å². The van der Waals surface area contributed by atoms with E-state index in [-0.39, 0.29) is 31.0 Å². The van der Waals surface area contributed by atoms with Crippen molar-refractivity contribution in [3.05, 3.63) is 59.9 Å². The van der Waals surface area contributed by atoms with Crippen LogP contribution in [0.1, 0.15) is 25.3 Å². The van der Waals surface area contributed by atoms with Crippen LogP contribution >= 0.6 is 0 Å². The molecule has 0 aliphatic heterocycles. The molecule has 3 N–H and O–H groups in total. The summed E-state index contributed by atoms with van der Waals surface area (Å²) in [5.74, 6) is -0.378. The van der Waals surface area contributed by atoms with Gasteiger partial charge in [-0.1, -0.05) is 31.5 Å². The van der Waals surface area contributed by atoms with E-state index in [1.165, 1.54) is 29.2 Å². The second-order valence-electron chi connectivity index (χ2n) is 6.41. The molecular weight excluding hydrogens is 359 g/mol. The first-order chi connectivity index (χ1) is 13.5. The highest BCUT2D eigenvalue weighted by molar-refractivity contribution is 6.02. The van der Waals surface area contributed by atoms with Gasteiger partial charge in [0, 0.05) is 31.0 Å². The van der Waals surface area contributed by atoms with E-state index >= 15 is 0 Å². The van der Waals surface area contributed by atoms with E-state index in [1.54, 1.807) is 0 Å². The molecule has 28 heavy (non-hydrogen) atoms. The van der Waals surface area contributed by atoms with Crippen LogP contribution in [0.5, 0.6) is 0 Å². The van der Waals surface area contributed by atoms with Crippen LogP contribution in [0, 0.1) is 12.7 Å². The van der Waals surface area contributed by atoms with E-state index in [0.29, 0.717) is 17.9 Å². The lowest BCUT2D eigenvalue weighted by atomic mass is 10.2. The minimum Gasteiger partial charge on any atom is -0.338 e. The largest absolute Gasteiger partial charge is 0.338 e. The smallest absolute Gasteiger partial charge is 0.326 e. The first-order valence-electron chi connectivity index (χ1n) is 9.42. The lowest BCUT2D eigenvalue weighted by Crippen LogP contribution is -2.43. The zero-order chi connectivity index (χ0) is 20.4. The second-order valence-corrected chi connectivity index (χ2v) is 6.41. The SMILES string of the molecule is CCCCNC(=O)NCCN(C(=O)Nc1ccccc1C)c1ccc(F)cc1. The molecule has 0 spiro atoms. The molecule has 150 valence electrons. The Balaban J connectivity index is 2.03. The number of hydrogen-bond donors (Lipinski definition) is 3. The summed E-state index contributed by atoms with van der Waals surface area (Å²) in [6, 6.07) is 12.5. The number of carbonyl (C=O) groups is 2. The number of urea groups is 2. The summed E-state index contributed by atoms with van der Waals surface area (Å²) in [5.41, 5.74) is 2.17. The van der Waals surface area contributed by atoms with E-state index in [2.05, 4.69) is 16.0 Å². The Morgan fingerprint density at radius 3 is 2.36 bits per heavy atom. The van der Waals surface area contributed by atoms with Crippen LogP contribution in [0.25, 0.3) is 0 Å². The van der Waals surface area contributed by atoms with Crippen molar-refractivity contribution >= 4 is 23.4 Å². The van der Waals surface area contributed by atoms with Crippen LogP contribution in [-0.2, 0) is 0 Å². The van der Waals surface area contributed by atoms with Crippen LogP contribution in [0.3, 0.4) is 0 Å². The van der Waals surface area contributed by atoms with Crippen LogP contribution < -0.4 is 20.9 Å². The monoisotopic (exact) mass is 386 g/mol. The van der Waals surface area contributed by atoms with Crippen molar-refractivity contribution in [2.45, 2.75) is 26.7 Å². The van der Waals surface area contributed by atoms with E-state index in [1.807, 2.05) is 38.1 Å². The number of aryl methyl sites for hydroxylation is 1. The summed E-state index contributed by atoms with van der Waals surface area (Å²) < 4.78 is 13.3. The Bertz CT molecular complexity index is 780. The molecule has 0 aliphatic carbocycles. The maximum absolute atomic E-state index is 13.3. The molecule has 0 unspecified atom stereocenters. The number of amides is 4. The summed E-state index contributed by atoms with van der Waals surface area (Å²) in [5, 5.41) is 8.37. The predicted molar refractivity (Wildman–Crippen MR) is 110 cm³/mol. The molecule has 4 amide bonds. The first-order valence-corrected chi connectivity index (χ1v) is 9.42. The molecule has 7 heteroatoms. The lowest BCUT2D eigenvalue weighted by Gasteiger charge is -2.24. The number of unbranched alkanes of at least 4 members (excludes halogenated alkanes) is 1. The second kappa shape index (κ2) is 10.9. The normalized spacial score (nSPS) is 10.2. The van der Waals surface area contributed by atoms with Crippen molar-refractivity contribution in [3.8, 4) is 0 Å². The van der Waals surface area contributed by atoms with Crippen LogP contribution in [0.4, 0.5) is 25.4 Å². The van der Waals surface area contributed by atoms with Crippen LogP contribution in [-0.4, -0.2) is 31.7 Å². The zero-order valence-electron chi connectivity index (χ0n) is 16.3. The molecule has 0 atom stereocenters. The summed E-state index contributed by atoms with van der Waals surface area (Å²) in [4.78, 5) is 26.1. The summed E-state index contributed by atoms with van der Waals surface area (Å²) in [7, 11) is 0. The Morgan fingerprint density at radius 1 is 1.00 bits per heavy atom. The molecule has 2 rings (SSSR count). The molecule has 0 saturated carbocycles. The number of rotatable bonds is 8. The van der Waals surface area contributed by atoms with Crippen molar-refractivity contribution in [3.63, 3.8) is 0 Å². The van der Waals surface area contributed by atoms with Gasteiger partial charge in [-0.05, 0) is 49.2 Å². The fourth-order valence-corrected chi connectivity index (χ4v) is 2.59. The van der Waals surface area contributed by atoms with Crippen molar-refractivity contribution in [1.29, 1.82) is 0 Å². The molecule has 0 saturated heterocycles. The average Bonchev–Trinajstić information content (AvgIpc) is 2.68. The van der Waals surface area contributed by atoms with Crippen LogP contribution in [0.15, 0.2) is 48.5 Å². The first kappa shape index (κ1) is 21.2. The standard InChI is InChI=1S/C21H27FN4O2/c1-3-4-13-23-20(27)24-14-15-26(18-11-9-17(22)10-12-18)21(28)25-19-8-6-5-7-16(19)2/h5-12H,3-4,13-15H2,1-2H3,(H,25,28)(H2,23,24,27). The van der Waals surface area contributed by atoms with Gasteiger partial charge in [-0.25, -0.2) is 14.0 Å². The third-order valence-corrected chi connectivity index (χ3v) is 4.21. The molecule has 0 aliphatic rings. The van der Waals surface area contributed by atoms with Crippen molar-refractivity contribution in [1.82, 2.24) is 10.6 Å². The fourth-order valence-electron chi connectivity index (χ4n) is 2.59. The Kier molecular flexibility index (Phi) is 8.27. The van der Waals surface area contributed by atoms with Gasteiger partial charge in [0.25, 0.3) is 0 Å². The van der Waals surface area contributed by atoms with Crippen molar-refractivity contribution in [2.24, 2.45) is 0 Å². The van der Waals surface area contributed by atoms with Gasteiger partial charge in [-0.15, -0.1) is 0 Å². The minimum atomic E-state index is -0.378. The number of carbonyl (C=O) groups excluding carboxylic acids is 2. The Hall–Kier alpha value is -3.09. The van der Waals surface area contributed by atoms with Gasteiger partial charge in [0.1, 0.15) is 5.82 Å². The van der Waals surface area contributed by atoms with Gasteiger partial charge in [0.2, 0.25) is 0 Å². The third-order valence-electron chi connectivity index (χ3n) is 4.21. The molecule has 0 aromatic heterocycles. The van der Waals surface area contributed by atoms with Gasteiger partial charge in [0.05, 0.1) is 0 Å². The molecule has 2 aromatic rings. The number of nitrogens with zero attached hydrogens (tertiary/aromatic N) is 1. The third kappa shape index (κ3) is 6.57. The number of benzene rings is 2. The summed E-state index contributed by atoms with van der Waals surface area (Å²) in [6.45, 7) is 5.06. The zero-order valence-corrected chi connectivity index (χ0v) is 16.3. The Morgan fingerprint density at radius 2 is 1.68 bits per heavy atom. The fraction of sp³-hybridized carbons (Fsp3) is 0.333. The van der Waals surface area contributed by atoms with Crippen LogP contribution in [0.2, 0.25) is 0 Å². The highest BCUT2D eigenvalue weighted by atomic mass is 19.1. The van der Waals surface area contributed by atoms with E-state index < -0.39 is 0 Å². The van der Waals surface area contributed by atoms with Gasteiger partial charge in [-0.2, -0.15) is 0 Å². The maximum Gasteiger partial charge on any atom is 0.326 e. The van der Waals surface area contributed by atoms with E-state index in [0.717, 1.165) is 18.4 Å². The molecule has 2 aromatic carbocycles. The molecule has 0 heterocycles. The Labute approximate surface area is 165 Å². The van der Waals surface area contributed by atoms with Gasteiger partial charge >= 0.3 is 12.1 Å². The van der Waals surface area contributed by atoms with E-state index in [4.69, 9.17) is 0 Å². The molecule has 0 radical (unpaired) electrons. The maximum atomic E-state index is 13.3. The van der Waals surface area contributed by atoms with Crippen molar-refractivity contribution in [2.75, 3.05) is 29.9 Å². The lowest BCUT2D eigenvalue weighted by molar-refractivity contribution is 0.240. The number of halogens is 1. The quantitative estimate of drug-likeness (QED) is 0.593. The summed E-state index contributed by atoms with van der Waals surface area (Å²) >= 11 is 0. The number of para-hydroxylation sites is 1. The minimum absolute atomic E-state index is 0.241. The predicted octanol–water partition coefficient (Wildman–Crippen LogP) is 4.27. The molecular formula is C21H27FN4O2. The number of hydrogen-bond acceptors (Lipinski definition) is 2. The van der Waals surface area contributed by atoms with Gasteiger partial charge in [-0.3, -0.25) is 4.90 Å². The van der Waals surface area contributed by atoms with E-state index in [9.17, 15) is 14.0 Å². The summed E-state index contributed by atoms with van der Waals surface area (Å²) in [6.07, 6.45) is 1.91. The highest BCUT2D eigenvalue weighted by Gasteiger charge is 2.17. The molecule has 0 bridgehead atoms. The van der Waals surface area contributed by atoms with Crippen molar-refractivity contribution < 1.29 is 14.0 Å². The van der Waals surface area contributed by atoms with Gasteiger partial charge in [0.15, 0.2) is 0 Å². The highest BCUT2D eigenvalue weighted by Crippen LogP contribution is 2.18. The topological polar surface area (TPSA) is 73.5 Å². The molecule has 0 fully saturated rings. The number of nitrogens with one attached hydrogen (secondary N) is 3. The molecule has 6 nitrogen and oxygen atoms in total.